The van der Waals surface area contributed by atoms with E-state index in [0.29, 0.717) is 0 Å². The summed E-state index contributed by atoms with van der Waals surface area (Å²) < 4.78 is 5.05. The SMILES string of the molecule is C=CC.CCC(CC)OC(=O)C(C)N. The van der Waals surface area contributed by atoms with E-state index in [1.807, 2.05) is 20.8 Å². The monoisotopic (exact) mass is 201 g/mol. The second-order valence-electron chi connectivity index (χ2n) is 3.07. The lowest BCUT2D eigenvalue weighted by Crippen LogP contribution is -2.31. The van der Waals surface area contributed by atoms with E-state index in [0.717, 1.165) is 12.8 Å². The first-order chi connectivity index (χ1) is 6.53. The summed E-state index contributed by atoms with van der Waals surface area (Å²) in [5.41, 5.74) is 5.32. The van der Waals surface area contributed by atoms with Gasteiger partial charge in [0, 0.05) is 0 Å². The molecule has 1 atom stereocenters. The molecule has 0 fully saturated rings. The molecule has 14 heavy (non-hydrogen) atoms. The first-order valence-electron chi connectivity index (χ1n) is 5.06. The zero-order chi connectivity index (χ0) is 11.6. The minimum atomic E-state index is -0.504. The first-order valence-corrected chi connectivity index (χ1v) is 5.06. The molecule has 0 aromatic carbocycles. The molecular weight excluding hydrogens is 178 g/mol. The van der Waals surface area contributed by atoms with Crippen molar-refractivity contribution >= 4 is 5.97 Å². The van der Waals surface area contributed by atoms with Crippen LogP contribution in [-0.2, 0) is 9.53 Å². The van der Waals surface area contributed by atoms with Crippen molar-refractivity contribution in [2.24, 2.45) is 5.73 Å². The molecule has 0 heterocycles. The predicted molar refractivity (Wildman–Crippen MR) is 60.0 cm³/mol. The van der Waals surface area contributed by atoms with E-state index < -0.39 is 6.04 Å². The second-order valence-corrected chi connectivity index (χ2v) is 3.07. The summed E-state index contributed by atoms with van der Waals surface area (Å²) in [6.07, 6.45) is 3.50. The number of allylic oxidation sites excluding steroid dienone is 1. The van der Waals surface area contributed by atoms with Gasteiger partial charge in [0.1, 0.15) is 12.1 Å². The highest BCUT2D eigenvalue weighted by Crippen LogP contribution is 2.03. The Morgan fingerprint density at radius 3 is 2.07 bits per heavy atom. The Labute approximate surface area is 87.3 Å². The molecule has 84 valence electrons. The summed E-state index contributed by atoms with van der Waals surface area (Å²) in [4.78, 5) is 10.9. The number of esters is 1. The minimum Gasteiger partial charge on any atom is -0.461 e. The molecule has 0 saturated heterocycles. The Bertz CT molecular complexity index is 151. The van der Waals surface area contributed by atoms with Crippen LogP contribution in [0.15, 0.2) is 12.7 Å². The summed E-state index contributed by atoms with van der Waals surface area (Å²) >= 11 is 0. The maximum atomic E-state index is 10.9. The van der Waals surface area contributed by atoms with Gasteiger partial charge in [-0.1, -0.05) is 19.9 Å². The largest absolute Gasteiger partial charge is 0.461 e. The van der Waals surface area contributed by atoms with Gasteiger partial charge >= 0.3 is 5.97 Å². The molecule has 0 aliphatic carbocycles. The van der Waals surface area contributed by atoms with Crippen molar-refractivity contribution in [1.29, 1.82) is 0 Å². The topological polar surface area (TPSA) is 52.3 Å². The number of hydrogen-bond acceptors (Lipinski definition) is 3. The van der Waals surface area contributed by atoms with E-state index in [2.05, 4.69) is 6.58 Å². The fourth-order valence-electron chi connectivity index (χ4n) is 0.727. The second kappa shape index (κ2) is 10.3. The van der Waals surface area contributed by atoms with Crippen LogP contribution in [0.3, 0.4) is 0 Å². The number of carbonyl (C=O) groups excluding carboxylic acids is 1. The molecule has 3 nitrogen and oxygen atoms in total. The molecule has 3 heteroatoms. The lowest BCUT2D eigenvalue weighted by atomic mass is 10.2. The van der Waals surface area contributed by atoms with Gasteiger partial charge in [0.05, 0.1) is 0 Å². The summed E-state index contributed by atoms with van der Waals surface area (Å²) in [6, 6.07) is -0.504. The van der Waals surface area contributed by atoms with Crippen molar-refractivity contribution in [2.75, 3.05) is 0 Å². The highest BCUT2D eigenvalue weighted by atomic mass is 16.5. The third-order valence-electron chi connectivity index (χ3n) is 1.57. The minimum absolute atomic E-state index is 0.0356. The molecule has 0 amide bonds. The number of nitrogens with two attached hydrogens (primary N) is 1. The van der Waals surface area contributed by atoms with Crippen molar-refractivity contribution in [3.8, 4) is 0 Å². The molecule has 0 radical (unpaired) electrons. The Balaban J connectivity index is 0. The van der Waals surface area contributed by atoms with Crippen LogP contribution in [0.4, 0.5) is 0 Å². The molecule has 0 saturated carbocycles. The quantitative estimate of drug-likeness (QED) is 0.560. The average Bonchev–Trinajstić information content (AvgIpc) is 2.14. The van der Waals surface area contributed by atoms with Gasteiger partial charge in [0.2, 0.25) is 0 Å². The summed E-state index contributed by atoms with van der Waals surface area (Å²) in [6.45, 7) is 10.9. The molecule has 0 aromatic rings. The third kappa shape index (κ3) is 9.26. The van der Waals surface area contributed by atoms with E-state index >= 15 is 0 Å². The molecule has 0 bridgehead atoms. The molecule has 0 spiro atoms. The first kappa shape index (κ1) is 15.6. The maximum absolute atomic E-state index is 10.9. The van der Waals surface area contributed by atoms with Crippen molar-refractivity contribution in [2.45, 2.75) is 52.7 Å². The van der Waals surface area contributed by atoms with Gasteiger partial charge in [-0.25, -0.2) is 0 Å². The smallest absolute Gasteiger partial charge is 0.322 e. The molecule has 0 aliphatic heterocycles. The summed E-state index contributed by atoms with van der Waals surface area (Å²) in [5.74, 6) is -0.307. The number of carbonyl (C=O) groups is 1. The number of ether oxygens (including phenoxy) is 1. The third-order valence-corrected chi connectivity index (χ3v) is 1.57. The molecule has 0 rings (SSSR count). The number of rotatable bonds is 4. The van der Waals surface area contributed by atoms with Gasteiger partial charge in [-0.3, -0.25) is 4.79 Å². The maximum Gasteiger partial charge on any atom is 0.322 e. The Kier molecular flexibility index (Phi) is 11.4. The fourth-order valence-corrected chi connectivity index (χ4v) is 0.727. The van der Waals surface area contributed by atoms with Crippen molar-refractivity contribution in [3.05, 3.63) is 12.7 Å². The summed E-state index contributed by atoms with van der Waals surface area (Å²) in [5, 5.41) is 0. The van der Waals surface area contributed by atoms with Crippen LogP contribution in [0.25, 0.3) is 0 Å². The van der Waals surface area contributed by atoms with Gasteiger partial charge in [-0.2, -0.15) is 0 Å². The van der Waals surface area contributed by atoms with Gasteiger partial charge in [-0.15, -0.1) is 6.58 Å². The van der Waals surface area contributed by atoms with E-state index in [1.165, 1.54) is 0 Å². The lowest BCUT2D eigenvalue weighted by molar-refractivity contribution is -0.150. The average molecular weight is 201 g/mol. The zero-order valence-electron chi connectivity index (χ0n) is 9.75. The normalized spacial score (nSPS) is 11.3. The van der Waals surface area contributed by atoms with Crippen LogP contribution in [0.2, 0.25) is 0 Å². The van der Waals surface area contributed by atoms with Crippen LogP contribution in [0.5, 0.6) is 0 Å². The predicted octanol–water partition coefficient (Wildman–Crippen LogP) is 2.26. The van der Waals surface area contributed by atoms with Crippen LogP contribution in [0.1, 0.15) is 40.5 Å². The number of hydrogen-bond donors (Lipinski definition) is 1. The van der Waals surface area contributed by atoms with Crippen LogP contribution >= 0.6 is 0 Å². The van der Waals surface area contributed by atoms with Crippen LogP contribution in [-0.4, -0.2) is 18.1 Å². The van der Waals surface area contributed by atoms with E-state index in [9.17, 15) is 4.79 Å². The molecule has 0 aromatic heterocycles. The zero-order valence-corrected chi connectivity index (χ0v) is 9.75. The molecular formula is C11H23NO2. The van der Waals surface area contributed by atoms with Crippen LogP contribution < -0.4 is 5.73 Å². The molecule has 1 unspecified atom stereocenters. The van der Waals surface area contributed by atoms with Gasteiger partial charge in [-0.05, 0) is 26.7 Å². The highest BCUT2D eigenvalue weighted by Gasteiger charge is 2.13. The van der Waals surface area contributed by atoms with Crippen molar-refractivity contribution in [3.63, 3.8) is 0 Å². The van der Waals surface area contributed by atoms with Gasteiger partial charge in [0.25, 0.3) is 0 Å². The Hall–Kier alpha value is -0.830. The van der Waals surface area contributed by atoms with Gasteiger partial charge < -0.3 is 10.5 Å². The van der Waals surface area contributed by atoms with E-state index in [1.54, 1.807) is 13.0 Å². The summed E-state index contributed by atoms with van der Waals surface area (Å²) in [7, 11) is 0. The van der Waals surface area contributed by atoms with Gasteiger partial charge in [0.15, 0.2) is 0 Å². The lowest BCUT2D eigenvalue weighted by Gasteiger charge is -2.15. The highest BCUT2D eigenvalue weighted by molar-refractivity contribution is 5.75. The Morgan fingerprint density at radius 2 is 1.86 bits per heavy atom. The van der Waals surface area contributed by atoms with Crippen molar-refractivity contribution in [1.82, 2.24) is 0 Å². The fraction of sp³-hybridized carbons (Fsp3) is 0.727. The Morgan fingerprint density at radius 1 is 1.50 bits per heavy atom. The van der Waals surface area contributed by atoms with Crippen LogP contribution in [0, 0.1) is 0 Å². The molecule has 2 N–H and O–H groups in total. The standard InChI is InChI=1S/C8H17NO2.C3H6/c1-4-7(5-2)11-8(10)6(3)9;1-3-2/h6-7H,4-5,9H2,1-3H3;3H,1H2,2H3. The van der Waals surface area contributed by atoms with E-state index in [-0.39, 0.29) is 12.1 Å². The van der Waals surface area contributed by atoms with Crippen molar-refractivity contribution < 1.29 is 9.53 Å². The molecule has 0 aliphatic rings. The van der Waals surface area contributed by atoms with E-state index in [4.69, 9.17) is 10.5 Å².